The number of hydroxylamine groups is 8. The highest BCUT2D eigenvalue weighted by atomic mass is 32.3. The summed E-state index contributed by atoms with van der Waals surface area (Å²) < 4.78 is 96.5. The number of carbonyl (C=O) groups is 4. The number of quaternary nitrogens is 1. The molecule has 8 amide bonds. The van der Waals surface area contributed by atoms with Gasteiger partial charge in [0.05, 0.1) is 50.3 Å². The number of nitrogens with two attached hydrogens (primary N) is 1. The highest BCUT2D eigenvalue weighted by Gasteiger charge is 2.53. The fourth-order valence-corrected chi connectivity index (χ4v) is 20.5. The molecule has 12 heterocycles. The van der Waals surface area contributed by atoms with E-state index in [0.717, 1.165) is 130 Å². The summed E-state index contributed by atoms with van der Waals surface area (Å²) in [7, 11) is -9.75. The quantitative estimate of drug-likeness (QED) is 0.0147. The molecule has 8 saturated heterocycles. The molecule has 0 radical (unpaired) electrons. The second kappa shape index (κ2) is 40.8. The van der Waals surface area contributed by atoms with Crippen LogP contribution in [0.5, 0.6) is 0 Å². The number of piperidine rings is 4. The van der Waals surface area contributed by atoms with Gasteiger partial charge in [0, 0.05) is 57.9 Å². The van der Waals surface area contributed by atoms with Crippen molar-refractivity contribution in [3.8, 4) is 0 Å². The lowest BCUT2D eigenvalue weighted by atomic mass is 9.74. The van der Waals surface area contributed by atoms with Gasteiger partial charge in [0.2, 0.25) is 57.5 Å². The first-order chi connectivity index (χ1) is 57.6. The van der Waals surface area contributed by atoms with Gasteiger partial charge in [-0.15, -0.1) is 45.1 Å². The lowest BCUT2D eigenvalue weighted by Gasteiger charge is -2.39. The molecule has 8 atom stereocenters. The van der Waals surface area contributed by atoms with E-state index in [-0.39, 0.29) is 49.3 Å². The molecule has 666 valence electrons. The van der Waals surface area contributed by atoms with Gasteiger partial charge >= 0.3 is 34.5 Å². The molecule has 4 aliphatic carbocycles. The molecule has 4 saturated carbocycles. The fourth-order valence-electron chi connectivity index (χ4n) is 19.8. The Bertz CT molecular complexity index is 4190. The Balaban J connectivity index is 0.000000131. The molecule has 12 aliphatic rings. The van der Waals surface area contributed by atoms with Gasteiger partial charge in [-0.05, 0) is 201 Å². The summed E-state index contributed by atoms with van der Waals surface area (Å²) >= 11 is 0. The Morgan fingerprint density at radius 2 is 0.767 bits per heavy atom. The second-order valence-corrected chi connectivity index (χ2v) is 38.1. The molecule has 38 heteroatoms. The SMILES string of the molecule is CC1CC(CCc2nnc([C@@H]3CC[C@@H]4CN3C(=O)N4O)o2)C1.CC1CC(CCc2nnc([C@@H]3CC[C@@H]4CN3C(=O)N4OCc3ccccc3)o2)C1.CC1CC(CCc2nnc([C@@H]3CC[C@@H]4CN3C(=O)N4OS(=O)(=O)[O-])o2)C1.CCCC[N+](CCCC)(CCCC)CCCC.NC1CC(CCc2nnc([C@@H]3CC[C@@H]4CN3C(=O)N4OS(=O)(=O)O)o2)C1. The van der Waals surface area contributed by atoms with Crippen LogP contribution in [0.15, 0.2) is 48.0 Å². The highest BCUT2D eigenvalue weighted by molar-refractivity contribution is 7.81. The second-order valence-electron chi connectivity index (χ2n) is 36.2. The van der Waals surface area contributed by atoms with Gasteiger partial charge in [-0.25, -0.2) is 32.7 Å². The zero-order valence-electron chi connectivity index (χ0n) is 71.0. The topological polar surface area (TPSA) is 435 Å². The van der Waals surface area contributed by atoms with E-state index in [1.165, 1.54) is 130 Å². The third-order valence-corrected chi connectivity index (χ3v) is 27.3. The zero-order valence-corrected chi connectivity index (χ0v) is 72.7. The van der Waals surface area contributed by atoms with E-state index in [1.807, 2.05) is 35.2 Å². The largest absolute Gasteiger partial charge is 0.724 e. The van der Waals surface area contributed by atoms with Crippen LogP contribution in [0.1, 0.15) is 305 Å². The Kier molecular flexibility index (Phi) is 30.7. The molecule has 1 aromatic carbocycles. The minimum absolute atomic E-state index is 0.0884. The first kappa shape index (κ1) is 90.2. The number of amides is 8. The van der Waals surface area contributed by atoms with Crippen molar-refractivity contribution >= 4 is 44.9 Å². The van der Waals surface area contributed by atoms with Crippen LogP contribution in [-0.4, -0.2) is 223 Å². The van der Waals surface area contributed by atoms with Crippen molar-refractivity contribution in [1.82, 2.24) is 80.6 Å². The third-order valence-electron chi connectivity index (χ3n) is 26.6. The van der Waals surface area contributed by atoms with Crippen molar-refractivity contribution in [2.45, 2.75) is 315 Å². The summed E-state index contributed by atoms with van der Waals surface area (Å²) in [4.78, 5) is 61.9. The third kappa shape index (κ3) is 23.1. The van der Waals surface area contributed by atoms with Crippen molar-refractivity contribution in [1.29, 1.82) is 0 Å². The average Bonchev–Trinajstić information content (AvgIpc) is 1.63. The van der Waals surface area contributed by atoms with Crippen LogP contribution in [0.3, 0.4) is 0 Å². The summed E-state index contributed by atoms with van der Waals surface area (Å²) in [6.07, 6.45) is 33.3. The minimum atomic E-state index is -5.00. The van der Waals surface area contributed by atoms with Crippen molar-refractivity contribution in [2.24, 2.45) is 47.2 Å². The summed E-state index contributed by atoms with van der Waals surface area (Å²) in [5.41, 5.74) is 6.83. The van der Waals surface area contributed by atoms with Gasteiger partial charge in [0.1, 0.15) is 30.8 Å². The fraction of sp³-hybridized carbons (Fsp3) is 0.780. The lowest BCUT2D eigenvalue weighted by molar-refractivity contribution is -0.929. The monoisotopic (exact) mass is 1720 g/mol. The van der Waals surface area contributed by atoms with Crippen molar-refractivity contribution in [3.63, 3.8) is 0 Å². The number of urea groups is 4. The van der Waals surface area contributed by atoms with Crippen LogP contribution < -0.4 is 5.73 Å². The Morgan fingerprint density at radius 3 is 1.10 bits per heavy atom. The minimum Gasteiger partial charge on any atom is -0.724 e. The number of hydrogen-bond donors (Lipinski definition) is 3. The van der Waals surface area contributed by atoms with Crippen molar-refractivity contribution in [2.75, 3.05) is 52.4 Å². The Morgan fingerprint density at radius 1 is 0.450 bits per heavy atom. The Hall–Kier alpha value is -7.56. The zero-order chi connectivity index (χ0) is 85.0. The molecule has 36 nitrogen and oxygen atoms in total. The predicted molar refractivity (Wildman–Crippen MR) is 431 cm³/mol. The molecule has 17 rings (SSSR count). The molecular weight excluding hydrogens is 1590 g/mol. The van der Waals surface area contributed by atoms with Crippen LogP contribution in [0.25, 0.3) is 0 Å². The molecular formula is C82H128N18O18S2. The van der Waals surface area contributed by atoms with Crippen LogP contribution in [0, 0.1) is 41.4 Å². The number of aromatic nitrogens is 8. The number of aryl methyl sites for hydroxylation is 4. The van der Waals surface area contributed by atoms with E-state index in [4.69, 9.17) is 32.8 Å². The molecule has 4 aromatic heterocycles. The van der Waals surface area contributed by atoms with Gasteiger partial charge in [-0.2, -0.15) is 27.9 Å². The first-order valence-corrected chi connectivity index (χ1v) is 47.3. The summed E-state index contributed by atoms with van der Waals surface area (Å²) in [6.45, 7) is 24.0. The Labute approximate surface area is 705 Å². The number of rotatable bonds is 35. The van der Waals surface area contributed by atoms with Crippen molar-refractivity contribution < 1.29 is 85.9 Å². The van der Waals surface area contributed by atoms with Crippen LogP contribution in [-0.2, 0) is 66.5 Å². The number of unbranched alkanes of at least 4 members (excludes halogenated alkanes) is 4. The van der Waals surface area contributed by atoms with Crippen LogP contribution in [0.2, 0.25) is 0 Å². The molecule has 120 heavy (non-hydrogen) atoms. The van der Waals surface area contributed by atoms with Gasteiger partial charge < -0.3 is 52.0 Å². The normalized spacial score (nSPS) is 28.5. The smallest absolute Gasteiger partial charge is 0.418 e. The first-order valence-electron chi connectivity index (χ1n) is 44.6. The van der Waals surface area contributed by atoms with Gasteiger partial charge in [0.25, 0.3) is 0 Å². The van der Waals surface area contributed by atoms with Crippen molar-refractivity contribution in [3.05, 3.63) is 83.0 Å². The number of benzene rings is 1. The molecule has 5 aromatic rings. The maximum atomic E-state index is 12.9. The molecule has 8 aliphatic heterocycles. The average molecular weight is 1720 g/mol. The van der Waals surface area contributed by atoms with E-state index >= 15 is 0 Å². The lowest BCUT2D eigenvalue weighted by Crippen LogP contribution is -2.50. The number of fused-ring (bicyclic) bond motifs is 8. The van der Waals surface area contributed by atoms with E-state index in [9.17, 15) is 45.8 Å². The summed E-state index contributed by atoms with van der Waals surface area (Å²) in [6, 6.07) is 6.38. The molecule has 4 N–H and O–H groups in total. The van der Waals surface area contributed by atoms with Gasteiger partial charge in [-0.1, -0.05) is 104 Å². The number of hydrogen-bond acceptors (Lipinski definition) is 26. The summed E-state index contributed by atoms with van der Waals surface area (Å²) in [5.74, 6) is 9.66. The van der Waals surface area contributed by atoms with Gasteiger partial charge in [-0.3, -0.25) is 14.6 Å². The molecule has 12 fully saturated rings. The van der Waals surface area contributed by atoms with E-state index in [0.29, 0.717) is 121 Å². The number of nitrogens with zero attached hydrogens (tertiary/aromatic N) is 17. The van der Waals surface area contributed by atoms with E-state index < -0.39 is 57.0 Å². The van der Waals surface area contributed by atoms with Crippen LogP contribution >= 0.6 is 0 Å². The predicted octanol–water partition coefficient (Wildman–Crippen LogP) is 13.3. The highest BCUT2D eigenvalue weighted by Crippen LogP contribution is 2.45. The molecule has 0 unspecified atom stereocenters. The molecule has 8 bridgehead atoms. The standard InChI is InChI=1S/C22H28N4O3.C16H36N.C15H22N4O6S.C15H22N4O3.C14H21N5O6S/c1-15-11-17(12-15)7-10-20-23-24-21(29-20)19-9-8-18-13-25(19)22(27)26(18)28-14-16-5-3-2-4-6-16;1-5-9-13-17(14-10-6-2,15-11-7-3)16-12-8-4;1-9-6-10(7-9)2-5-13-16-17-14(24-13)12-4-3-11-8-18(12)15(20)19(11)25-26(21,22)23;1-9-6-10(7-9)2-5-13-16-17-14(22-13)12-4-3-11-8-18(12)15(20)19(11)21;15-9-5-8(6-9)1-4-12-16-17-13(24-12)11-3-2-10-7-18(11)14(20)19(10)25-26(21,22)23/h2-6,15,17-19H,7-14H2,1H3;5-16H2,1-4H3;9-12H,2-8H2,1H3,(H,21,22,23);9-12,21H,2-8H2,1H3;8-11H,1-7,15H2,(H,21,22,23)/q;+1;;;/p-1/t15?,17?,18-,19+;;2*9?,10?,11-,12+;8?,9?,10-,11+/m1.111/s1. The molecule has 0 spiro atoms. The van der Waals surface area contributed by atoms with Gasteiger partial charge in [0.15, 0.2) is 0 Å². The van der Waals surface area contributed by atoms with E-state index in [2.05, 4.69) is 97.8 Å². The van der Waals surface area contributed by atoms with Crippen LogP contribution in [0.4, 0.5) is 19.2 Å². The summed E-state index contributed by atoms with van der Waals surface area (Å²) in [5, 5.41) is 46.5. The maximum absolute atomic E-state index is 12.9. The maximum Gasteiger partial charge on any atom is 0.418 e. The number of carbonyl (C=O) groups excluding carboxylic acids is 4. The van der Waals surface area contributed by atoms with E-state index in [1.54, 1.807) is 9.96 Å².